The van der Waals surface area contributed by atoms with Crippen molar-refractivity contribution in [1.82, 2.24) is 19.7 Å². The van der Waals surface area contributed by atoms with Crippen LogP contribution in [0.15, 0.2) is 40.9 Å². The molecule has 0 unspecified atom stereocenters. The lowest BCUT2D eigenvalue weighted by Crippen LogP contribution is -2.53. The lowest BCUT2D eigenvalue weighted by Gasteiger charge is -2.38. The van der Waals surface area contributed by atoms with Crippen molar-refractivity contribution in [3.63, 3.8) is 0 Å². The van der Waals surface area contributed by atoms with Crippen LogP contribution in [0.3, 0.4) is 0 Å². The minimum atomic E-state index is -3.35. The Labute approximate surface area is 201 Å². The zero-order chi connectivity index (χ0) is 23.7. The Kier molecular flexibility index (Phi) is 6.77. The first-order chi connectivity index (χ1) is 16.4. The van der Waals surface area contributed by atoms with E-state index < -0.39 is 10.0 Å². The molecule has 3 aliphatic rings. The normalized spacial score (nSPS) is 25.1. The first-order valence-corrected chi connectivity index (χ1v) is 14.0. The highest BCUT2D eigenvalue weighted by molar-refractivity contribution is 7.89. The third-order valence-electron chi connectivity index (χ3n) is 7.42. The number of hydrogen-bond acceptors (Lipinski definition) is 6. The van der Waals surface area contributed by atoms with E-state index in [9.17, 15) is 13.2 Å². The van der Waals surface area contributed by atoms with Gasteiger partial charge in [0.2, 0.25) is 10.0 Å². The molecule has 1 aliphatic carbocycles. The van der Waals surface area contributed by atoms with Gasteiger partial charge in [0.15, 0.2) is 5.69 Å². The van der Waals surface area contributed by atoms with Gasteiger partial charge in [-0.05, 0) is 57.6 Å². The first-order valence-electron chi connectivity index (χ1n) is 12.4. The highest BCUT2D eigenvalue weighted by atomic mass is 32.2. The van der Waals surface area contributed by atoms with Crippen LogP contribution in [0.1, 0.15) is 66.3 Å². The third-order valence-corrected chi connectivity index (χ3v) is 9.36. The molecule has 0 radical (unpaired) electrons. The van der Waals surface area contributed by atoms with Crippen molar-refractivity contribution in [2.45, 2.75) is 69.0 Å². The predicted molar refractivity (Wildman–Crippen MR) is 129 cm³/mol. The molecule has 2 bridgehead atoms. The van der Waals surface area contributed by atoms with Crippen LogP contribution in [0.2, 0.25) is 0 Å². The number of fused-ring (bicyclic) bond motifs is 2. The second-order valence-electron chi connectivity index (χ2n) is 10.1. The summed E-state index contributed by atoms with van der Waals surface area (Å²) in [5.74, 6) is 1.11. The van der Waals surface area contributed by atoms with Crippen LogP contribution < -0.4 is 5.32 Å². The van der Waals surface area contributed by atoms with Crippen molar-refractivity contribution in [2.75, 3.05) is 25.9 Å². The Balaban J connectivity index is 1.12. The molecule has 3 atom stereocenters. The van der Waals surface area contributed by atoms with Crippen LogP contribution in [-0.4, -0.2) is 72.7 Å². The minimum Gasteiger partial charge on any atom is -0.360 e. The van der Waals surface area contributed by atoms with E-state index in [4.69, 9.17) is 4.52 Å². The molecular weight excluding hydrogens is 452 g/mol. The molecule has 1 aromatic heterocycles. The standard InChI is InChI=1S/C25H34N4O4S/c1-28(12-11-18-5-3-2-4-6-18)13-14-34(31,32)29-21-9-10-22(29)16-20(15-21)26-25(30)23-17-24(33-27-23)19-7-8-19/h2-6,17,19-22H,7-16H2,1H3,(H,26,30)/t20-,21+,22-. The maximum atomic E-state index is 13.2. The quantitative estimate of drug-likeness (QED) is 0.555. The van der Waals surface area contributed by atoms with Crippen LogP contribution in [0, 0.1) is 0 Å². The van der Waals surface area contributed by atoms with Crippen molar-refractivity contribution < 1.29 is 17.7 Å². The van der Waals surface area contributed by atoms with Gasteiger partial charge in [-0.2, -0.15) is 4.31 Å². The molecule has 2 aliphatic heterocycles. The Morgan fingerprint density at radius 2 is 1.82 bits per heavy atom. The van der Waals surface area contributed by atoms with Crippen molar-refractivity contribution in [3.8, 4) is 0 Å². The largest absolute Gasteiger partial charge is 0.360 e. The Morgan fingerprint density at radius 3 is 2.50 bits per heavy atom. The highest BCUT2D eigenvalue weighted by Gasteiger charge is 2.46. The number of sulfonamides is 1. The summed E-state index contributed by atoms with van der Waals surface area (Å²) >= 11 is 0. The maximum absolute atomic E-state index is 13.2. The van der Waals surface area contributed by atoms with E-state index in [2.05, 4.69) is 27.5 Å². The van der Waals surface area contributed by atoms with Gasteiger partial charge < -0.3 is 14.7 Å². The smallest absolute Gasteiger partial charge is 0.273 e. The van der Waals surface area contributed by atoms with Crippen molar-refractivity contribution in [1.29, 1.82) is 0 Å². The molecule has 9 heteroatoms. The summed E-state index contributed by atoms with van der Waals surface area (Å²) < 4.78 is 33.5. The average Bonchev–Trinajstić information content (AvgIpc) is 3.48. The van der Waals surface area contributed by atoms with E-state index in [1.165, 1.54) is 5.56 Å². The van der Waals surface area contributed by atoms with Crippen LogP contribution in [-0.2, 0) is 16.4 Å². The number of rotatable bonds is 10. The number of carbonyl (C=O) groups excluding carboxylic acids is 1. The number of nitrogens with zero attached hydrogens (tertiary/aromatic N) is 3. The van der Waals surface area contributed by atoms with Crippen LogP contribution >= 0.6 is 0 Å². The van der Waals surface area contributed by atoms with Gasteiger partial charge in [-0.25, -0.2) is 8.42 Å². The van der Waals surface area contributed by atoms with Gasteiger partial charge in [0.1, 0.15) is 5.76 Å². The maximum Gasteiger partial charge on any atom is 0.273 e. The van der Waals surface area contributed by atoms with Gasteiger partial charge in [-0.15, -0.1) is 0 Å². The fraction of sp³-hybridized carbons (Fsp3) is 0.600. The molecule has 5 rings (SSSR count). The fourth-order valence-corrected chi connectivity index (χ4v) is 7.42. The van der Waals surface area contributed by atoms with E-state index in [1.54, 1.807) is 10.4 Å². The number of carbonyl (C=O) groups is 1. The number of likely N-dealkylation sites (N-methyl/N-ethyl adjacent to an activating group) is 1. The van der Waals surface area contributed by atoms with Gasteiger partial charge in [-0.3, -0.25) is 4.79 Å². The molecule has 8 nitrogen and oxygen atoms in total. The highest BCUT2D eigenvalue weighted by Crippen LogP contribution is 2.40. The van der Waals surface area contributed by atoms with Crippen molar-refractivity contribution in [2.24, 2.45) is 0 Å². The molecule has 1 aromatic carbocycles. The molecule has 1 N–H and O–H groups in total. The second kappa shape index (κ2) is 9.79. The fourth-order valence-electron chi connectivity index (χ4n) is 5.38. The summed E-state index contributed by atoms with van der Waals surface area (Å²) in [7, 11) is -1.37. The van der Waals surface area contributed by atoms with Gasteiger partial charge in [0.05, 0.1) is 5.75 Å². The second-order valence-corrected chi connectivity index (χ2v) is 12.1. The molecule has 3 fully saturated rings. The van der Waals surface area contributed by atoms with E-state index in [-0.39, 0.29) is 29.8 Å². The van der Waals surface area contributed by atoms with Gasteiger partial charge in [0.25, 0.3) is 5.91 Å². The summed E-state index contributed by atoms with van der Waals surface area (Å²) in [5, 5.41) is 7.00. The van der Waals surface area contributed by atoms with E-state index in [0.717, 1.165) is 44.4 Å². The summed E-state index contributed by atoms with van der Waals surface area (Å²) in [5.41, 5.74) is 1.58. The summed E-state index contributed by atoms with van der Waals surface area (Å²) in [6, 6.07) is 11.9. The molecular formula is C25H34N4O4S. The molecule has 0 spiro atoms. The van der Waals surface area contributed by atoms with Crippen LogP contribution in [0.25, 0.3) is 0 Å². The number of benzene rings is 1. The van der Waals surface area contributed by atoms with Gasteiger partial charge in [-0.1, -0.05) is 35.5 Å². The van der Waals surface area contributed by atoms with E-state index >= 15 is 0 Å². The topological polar surface area (TPSA) is 95.8 Å². The molecule has 184 valence electrons. The number of piperidine rings is 1. The molecule has 34 heavy (non-hydrogen) atoms. The number of nitrogens with one attached hydrogen (secondary N) is 1. The zero-order valence-corrected chi connectivity index (χ0v) is 20.5. The molecule has 3 heterocycles. The minimum absolute atomic E-state index is 0.0360. The summed E-state index contributed by atoms with van der Waals surface area (Å²) in [4.78, 5) is 14.7. The molecule has 2 aromatic rings. The third kappa shape index (κ3) is 5.37. The van der Waals surface area contributed by atoms with Crippen LogP contribution in [0.4, 0.5) is 0 Å². The molecule has 1 amide bonds. The zero-order valence-electron chi connectivity index (χ0n) is 19.7. The van der Waals surface area contributed by atoms with Gasteiger partial charge in [0, 0.05) is 43.2 Å². The Morgan fingerprint density at radius 1 is 1.12 bits per heavy atom. The average molecular weight is 487 g/mol. The lowest BCUT2D eigenvalue weighted by atomic mass is 9.99. The summed E-state index contributed by atoms with van der Waals surface area (Å²) in [6.07, 6.45) is 6.11. The van der Waals surface area contributed by atoms with E-state index in [0.29, 0.717) is 31.0 Å². The summed E-state index contributed by atoms with van der Waals surface area (Å²) in [6.45, 7) is 1.34. The van der Waals surface area contributed by atoms with Crippen molar-refractivity contribution in [3.05, 3.63) is 53.4 Å². The van der Waals surface area contributed by atoms with Gasteiger partial charge >= 0.3 is 0 Å². The van der Waals surface area contributed by atoms with E-state index in [1.807, 2.05) is 25.2 Å². The SMILES string of the molecule is CN(CCc1ccccc1)CCS(=O)(=O)N1[C@@H]2CC[C@H]1C[C@@H](NC(=O)c1cc(C3CC3)on1)C2. The Hall–Kier alpha value is -2.23. The first kappa shape index (κ1) is 23.5. The van der Waals surface area contributed by atoms with Crippen LogP contribution in [0.5, 0.6) is 0 Å². The lowest BCUT2D eigenvalue weighted by molar-refractivity contribution is 0.0900. The molecule has 1 saturated carbocycles. The van der Waals surface area contributed by atoms with Crippen molar-refractivity contribution >= 4 is 15.9 Å². The molecule has 2 saturated heterocycles. The number of hydrogen-bond donors (Lipinski definition) is 1. The number of amides is 1. The monoisotopic (exact) mass is 486 g/mol. The Bertz CT molecular complexity index is 1090. The predicted octanol–water partition coefficient (Wildman–Crippen LogP) is 2.78. The number of aromatic nitrogens is 1.